The normalized spacial score (nSPS) is 46.4. The molecule has 1 spiro atoms. The number of rotatable bonds is 2. The van der Waals surface area contributed by atoms with Crippen molar-refractivity contribution in [1.29, 1.82) is 0 Å². The molecule has 2 unspecified atom stereocenters. The Balaban J connectivity index is 2.01. The summed E-state index contributed by atoms with van der Waals surface area (Å²) in [6.07, 6.45) is 3.24. The molecule has 0 saturated heterocycles. The maximum Gasteiger partial charge on any atom is 0.312 e. The number of ether oxygens (including phenoxy) is 2. The summed E-state index contributed by atoms with van der Waals surface area (Å²) >= 11 is 0. The Labute approximate surface area is 107 Å². The van der Waals surface area contributed by atoms with E-state index >= 15 is 0 Å². The molecule has 0 aromatic carbocycles. The number of carbonyl (C=O) groups is 2. The molecule has 0 N–H and O–H groups in total. The van der Waals surface area contributed by atoms with Crippen molar-refractivity contribution in [3.8, 4) is 0 Å². The van der Waals surface area contributed by atoms with Crippen molar-refractivity contribution in [2.24, 2.45) is 21.7 Å². The lowest BCUT2D eigenvalue weighted by molar-refractivity contribution is -0.156. The van der Waals surface area contributed by atoms with Crippen LogP contribution in [0.15, 0.2) is 0 Å². The minimum absolute atomic E-state index is 0.0150. The minimum atomic E-state index is -0.419. The van der Waals surface area contributed by atoms with Crippen LogP contribution in [-0.2, 0) is 19.1 Å². The first-order valence-electron chi connectivity index (χ1n) is 6.46. The number of hydrogen-bond donors (Lipinski definition) is 0. The highest BCUT2D eigenvalue weighted by molar-refractivity contribution is 5.92. The molecule has 3 aliphatic carbocycles. The van der Waals surface area contributed by atoms with E-state index < -0.39 is 10.8 Å². The predicted octanol–water partition coefficient (Wildman–Crippen LogP) is 1.92. The molecule has 4 nitrogen and oxygen atoms in total. The van der Waals surface area contributed by atoms with Crippen molar-refractivity contribution in [2.45, 2.75) is 39.5 Å². The van der Waals surface area contributed by atoms with E-state index in [0.717, 1.165) is 25.7 Å². The van der Waals surface area contributed by atoms with E-state index in [0.29, 0.717) is 0 Å². The quantitative estimate of drug-likeness (QED) is 0.704. The molecule has 100 valence electrons. The van der Waals surface area contributed by atoms with Gasteiger partial charge in [0.2, 0.25) is 0 Å². The lowest BCUT2D eigenvalue weighted by Gasteiger charge is -2.37. The Hall–Kier alpha value is -1.06. The van der Waals surface area contributed by atoms with Crippen LogP contribution in [0.3, 0.4) is 0 Å². The molecule has 3 aliphatic rings. The minimum Gasteiger partial charge on any atom is -0.469 e. The van der Waals surface area contributed by atoms with Gasteiger partial charge in [0, 0.05) is 5.41 Å². The number of methoxy groups -OCH3 is 2. The first-order chi connectivity index (χ1) is 8.29. The molecule has 0 bridgehead atoms. The summed E-state index contributed by atoms with van der Waals surface area (Å²) in [5, 5.41) is 0. The summed E-state index contributed by atoms with van der Waals surface area (Å²) in [7, 11) is 2.87. The number of esters is 2. The van der Waals surface area contributed by atoms with Crippen LogP contribution in [0, 0.1) is 21.7 Å². The summed E-state index contributed by atoms with van der Waals surface area (Å²) in [5.74, 6) is -0.276. The van der Waals surface area contributed by atoms with E-state index in [-0.39, 0.29) is 22.8 Å². The van der Waals surface area contributed by atoms with Gasteiger partial charge in [0.1, 0.15) is 0 Å². The molecular formula is C14H20O4. The zero-order valence-corrected chi connectivity index (χ0v) is 11.5. The Morgan fingerprint density at radius 2 is 1.22 bits per heavy atom. The first-order valence-corrected chi connectivity index (χ1v) is 6.46. The van der Waals surface area contributed by atoms with Gasteiger partial charge in [-0.15, -0.1) is 0 Å². The summed E-state index contributed by atoms with van der Waals surface area (Å²) in [4.78, 5) is 24.3. The monoisotopic (exact) mass is 252 g/mol. The van der Waals surface area contributed by atoms with E-state index in [1.165, 1.54) is 14.2 Å². The second-order valence-corrected chi connectivity index (χ2v) is 7.10. The Kier molecular flexibility index (Phi) is 1.94. The van der Waals surface area contributed by atoms with Gasteiger partial charge in [0.15, 0.2) is 0 Å². The Bertz CT molecular complexity index is 413. The van der Waals surface area contributed by atoms with E-state index in [9.17, 15) is 9.59 Å². The topological polar surface area (TPSA) is 52.6 Å². The Morgan fingerprint density at radius 3 is 1.56 bits per heavy atom. The SMILES string of the molecule is COC(=O)C12CC(C)(C)CC3(C(=O)OC)CC13C2. The van der Waals surface area contributed by atoms with Crippen LogP contribution >= 0.6 is 0 Å². The average molecular weight is 252 g/mol. The standard InChI is InChI=1S/C14H20O4/c1-11(2)5-12(9(15)17-3)7-14(12)8-13(14,6-11)10(16)18-4/h5-8H2,1-4H3. The summed E-state index contributed by atoms with van der Waals surface area (Å²) in [6.45, 7) is 4.26. The third kappa shape index (κ3) is 1.04. The molecule has 0 aromatic heterocycles. The van der Waals surface area contributed by atoms with Crippen molar-refractivity contribution in [3.05, 3.63) is 0 Å². The molecular weight excluding hydrogens is 232 g/mol. The van der Waals surface area contributed by atoms with Gasteiger partial charge in [-0.2, -0.15) is 0 Å². The third-order valence-electron chi connectivity index (χ3n) is 5.50. The number of hydrogen-bond acceptors (Lipinski definition) is 4. The van der Waals surface area contributed by atoms with Crippen LogP contribution in [0.25, 0.3) is 0 Å². The largest absolute Gasteiger partial charge is 0.469 e. The summed E-state index contributed by atoms with van der Waals surface area (Å²) in [5.41, 5.74) is -0.996. The van der Waals surface area contributed by atoms with Crippen molar-refractivity contribution in [3.63, 3.8) is 0 Å². The molecule has 3 fully saturated rings. The summed E-state index contributed by atoms with van der Waals surface area (Å²) in [6, 6.07) is 0. The van der Waals surface area contributed by atoms with Crippen LogP contribution < -0.4 is 0 Å². The number of carbonyl (C=O) groups excluding carboxylic acids is 2. The van der Waals surface area contributed by atoms with Gasteiger partial charge in [0.25, 0.3) is 0 Å². The lowest BCUT2D eigenvalue weighted by atomic mass is 9.67. The second-order valence-electron chi connectivity index (χ2n) is 7.10. The molecule has 3 saturated carbocycles. The lowest BCUT2D eigenvalue weighted by Crippen LogP contribution is -2.38. The molecule has 3 rings (SSSR count). The zero-order chi connectivity index (χ0) is 13.4. The molecule has 0 aromatic rings. The third-order valence-corrected chi connectivity index (χ3v) is 5.50. The van der Waals surface area contributed by atoms with Crippen molar-refractivity contribution >= 4 is 11.9 Å². The van der Waals surface area contributed by atoms with Crippen molar-refractivity contribution < 1.29 is 19.1 Å². The smallest absolute Gasteiger partial charge is 0.312 e. The molecule has 0 heterocycles. The molecule has 18 heavy (non-hydrogen) atoms. The van der Waals surface area contributed by atoms with E-state index in [2.05, 4.69) is 13.8 Å². The maximum atomic E-state index is 12.1. The molecule has 2 atom stereocenters. The average Bonchev–Trinajstić information content (AvgIpc) is 3.13. The fraction of sp³-hybridized carbons (Fsp3) is 0.857. The zero-order valence-electron chi connectivity index (χ0n) is 11.5. The second kappa shape index (κ2) is 2.91. The fourth-order valence-electron chi connectivity index (χ4n) is 5.03. The fourth-order valence-corrected chi connectivity index (χ4v) is 5.03. The predicted molar refractivity (Wildman–Crippen MR) is 63.6 cm³/mol. The molecule has 0 aliphatic heterocycles. The highest BCUT2D eigenvalue weighted by Gasteiger charge is 2.95. The van der Waals surface area contributed by atoms with E-state index in [4.69, 9.17) is 9.47 Å². The van der Waals surface area contributed by atoms with Gasteiger partial charge in [-0.25, -0.2) is 0 Å². The summed E-state index contributed by atoms with van der Waals surface area (Å²) < 4.78 is 9.97. The van der Waals surface area contributed by atoms with E-state index in [1.807, 2.05) is 0 Å². The maximum absolute atomic E-state index is 12.1. The molecule has 0 amide bonds. The van der Waals surface area contributed by atoms with Gasteiger partial charge in [-0.3, -0.25) is 9.59 Å². The van der Waals surface area contributed by atoms with Gasteiger partial charge >= 0.3 is 11.9 Å². The van der Waals surface area contributed by atoms with Crippen molar-refractivity contribution in [2.75, 3.05) is 14.2 Å². The van der Waals surface area contributed by atoms with Crippen LogP contribution in [-0.4, -0.2) is 26.2 Å². The molecule has 0 radical (unpaired) electrons. The van der Waals surface area contributed by atoms with Crippen molar-refractivity contribution in [1.82, 2.24) is 0 Å². The van der Waals surface area contributed by atoms with Crippen LogP contribution in [0.2, 0.25) is 0 Å². The van der Waals surface area contributed by atoms with Crippen LogP contribution in [0.4, 0.5) is 0 Å². The highest BCUT2D eigenvalue weighted by Crippen LogP contribution is 2.94. The van der Waals surface area contributed by atoms with Gasteiger partial charge in [-0.1, -0.05) is 13.8 Å². The first kappa shape index (κ1) is 12.0. The van der Waals surface area contributed by atoms with Crippen LogP contribution in [0.1, 0.15) is 39.5 Å². The molecule has 4 heteroatoms. The Morgan fingerprint density at radius 1 is 0.833 bits per heavy atom. The van der Waals surface area contributed by atoms with E-state index in [1.54, 1.807) is 0 Å². The van der Waals surface area contributed by atoms with Gasteiger partial charge in [0.05, 0.1) is 25.0 Å². The van der Waals surface area contributed by atoms with Gasteiger partial charge in [-0.05, 0) is 31.1 Å². The van der Waals surface area contributed by atoms with Crippen LogP contribution in [0.5, 0.6) is 0 Å². The van der Waals surface area contributed by atoms with Gasteiger partial charge < -0.3 is 9.47 Å². The highest BCUT2D eigenvalue weighted by atomic mass is 16.5.